The van der Waals surface area contributed by atoms with Crippen LogP contribution in [-0.2, 0) is 12.8 Å². The molecule has 0 amide bonds. The van der Waals surface area contributed by atoms with Crippen molar-refractivity contribution >= 4 is 5.78 Å². The van der Waals surface area contributed by atoms with Crippen molar-refractivity contribution in [3.05, 3.63) is 64.2 Å². The molecule has 1 saturated heterocycles. The lowest BCUT2D eigenvalue weighted by molar-refractivity contribution is 0.0991. The minimum Gasteiger partial charge on any atom is -0.314 e. The maximum Gasteiger partial charge on any atom is 0.167 e. The van der Waals surface area contributed by atoms with Crippen molar-refractivity contribution in [3.63, 3.8) is 0 Å². The third-order valence-corrected chi connectivity index (χ3v) is 5.29. The summed E-state index contributed by atoms with van der Waals surface area (Å²) < 4.78 is 15.1. The first-order chi connectivity index (χ1) is 12.1. The smallest absolute Gasteiger partial charge is 0.167 e. The van der Waals surface area contributed by atoms with Gasteiger partial charge in [0.25, 0.3) is 0 Å². The zero-order chi connectivity index (χ0) is 17.4. The molecule has 0 aliphatic carbocycles. The minimum absolute atomic E-state index is 0.0684. The number of fused-ring (bicyclic) bond motifs is 3. The van der Waals surface area contributed by atoms with Gasteiger partial charge in [0.1, 0.15) is 5.82 Å². The van der Waals surface area contributed by atoms with Crippen LogP contribution in [0, 0.1) is 12.7 Å². The van der Waals surface area contributed by atoms with Gasteiger partial charge in [-0.25, -0.2) is 4.39 Å². The Bertz CT molecular complexity index is 821. The van der Waals surface area contributed by atoms with E-state index in [1.54, 1.807) is 24.4 Å². The van der Waals surface area contributed by atoms with Crippen molar-refractivity contribution in [3.8, 4) is 0 Å². The van der Waals surface area contributed by atoms with Crippen LogP contribution in [0.5, 0.6) is 0 Å². The Morgan fingerprint density at radius 1 is 1.36 bits per heavy atom. The van der Waals surface area contributed by atoms with Crippen LogP contribution in [0.3, 0.4) is 0 Å². The van der Waals surface area contributed by atoms with Crippen molar-refractivity contribution < 1.29 is 9.18 Å². The van der Waals surface area contributed by atoms with Crippen LogP contribution < -0.4 is 5.32 Å². The Balaban J connectivity index is 1.61. The number of nitrogens with zero attached hydrogens (tertiary/aromatic N) is 2. The normalized spacial score (nSPS) is 20.0. The molecular weight excluding hydrogens is 317 g/mol. The largest absolute Gasteiger partial charge is 0.314 e. The molecule has 1 N–H and O–H groups in total. The molecule has 0 saturated carbocycles. The molecule has 4 rings (SSSR count). The van der Waals surface area contributed by atoms with Crippen LogP contribution >= 0.6 is 0 Å². The highest BCUT2D eigenvalue weighted by Gasteiger charge is 2.31. The fraction of sp³-hybridized carbons (Fsp3) is 0.400. The molecule has 5 heteroatoms. The number of hydrogen-bond donors (Lipinski definition) is 1. The third kappa shape index (κ3) is 3.10. The number of carbonyl (C=O) groups excluding carboxylic acids is 1. The lowest BCUT2D eigenvalue weighted by Gasteiger charge is -2.41. The highest BCUT2D eigenvalue weighted by Crippen LogP contribution is 2.33. The van der Waals surface area contributed by atoms with E-state index in [-0.39, 0.29) is 24.1 Å². The predicted octanol–water partition coefficient (Wildman–Crippen LogP) is 2.46. The summed E-state index contributed by atoms with van der Waals surface area (Å²) in [5.74, 6) is -0.261. The highest BCUT2D eigenvalue weighted by atomic mass is 19.1. The summed E-state index contributed by atoms with van der Waals surface area (Å²) in [4.78, 5) is 19.0. The molecule has 2 aliphatic rings. The van der Waals surface area contributed by atoms with Crippen molar-refractivity contribution in [1.82, 2.24) is 15.2 Å². The van der Waals surface area contributed by atoms with Crippen LogP contribution in [0.1, 0.15) is 38.8 Å². The number of Topliss-reactive ketones (excluding diaryl/α,β-unsaturated/α-hetero) is 1. The van der Waals surface area contributed by atoms with Crippen molar-refractivity contribution in [2.45, 2.75) is 25.8 Å². The summed E-state index contributed by atoms with van der Waals surface area (Å²) in [5, 5.41) is 3.39. The second-order valence-corrected chi connectivity index (χ2v) is 6.90. The quantitative estimate of drug-likeness (QED) is 0.873. The minimum atomic E-state index is -0.193. The van der Waals surface area contributed by atoms with E-state index in [0.29, 0.717) is 17.5 Å². The average molecular weight is 339 g/mol. The van der Waals surface area contributed by atoms with E-state index < -0.39 is 0 Å². The Morgan fingerprint density at radius 2 is 2.24 bits per heavy atom. The van der Waals surface area contributed by atoms with E-state index in [9.17, 15) is 4.79 Å². The first-order valence-corrected chi connectivity index (χ1v) is 8.84. The van der Waals surface area contributed by atoms with Gasteiger partial charge in [0.05, 0.1) is 0 Å². The SMILES string of the molecule is Cc1cc(C(=O)Cc2ccc3c(c2F)CCN2CCNC[C@@H]32)ccn1. The van der Waals surface area contributed by atoms with Crippen LogP contribution in [0.15, 0.2) is 30.5 Å². The van der Waals surface area contributed by atoms with Crippen LogP contribution in [0.4, 0.5) is 4.39 Å². The maximum absolute atomic E-state index is 15.1. The number of hydrogen-bond acceptors (Lipinski definition) is 4. The molecule has 0 radical (unpaired) electrons. The fourth-order valence-corrected chi connectivity index (χ4v) is 3.96. The number of rotatable bonds is 3. The zero-order valence-corrected chi connectivity index (χ0v) is 14.4. The summed E-state index contributed by atoms with van der Waals surface area (Å²) >= 11 is 0. The number of carbonyl (C=O) groups is 1. The molecule has 1 atom stereocenters. The summed E-state index contributed by atoms with van der Waals surface area (Å²) in [5.41, 5.74) is 3.75. The fourth-order valence-electron chi connectivity index (χ4n) is 3.96. The second kappa shape index (κ2) is 6.65. The zero-order valence-electron chi connectivity index (χ0n) is 14.4. The van der Waals surface area contributed by atoms with Crippen LogP contribution in [0.25, 0.3) is 0 Å². The first-order valence-electron chi connectivity index (χ1n) is 8.84. The van der Waals surface area contributed by atoms with E-state index >= 15 is 4.39 Å². The standard InChI is InChI=1S/C20H22FN3O/c1-13-10-14(4-6-23-13)19(25)11-15-2-3-16-17(20(15)21)5-8-24-9-7-22-12-18(16)24/h2-4,6,10,18,22H,5,7-9,11-12H2,1H3/t18-/m0/s1. The molecule has 1 aromatic carbocycles. The number of piperazine rings is 1. The molecule has 130 valence electrons. The maximum atomic E-state index is 15.1. The van der Waals surface area contributed by atoms with Gasteiger partial charge in [-0.1, -0.05) is 12.1 Å². The van der Waals surface area contributed by atoms with Gasteiger partial charge in [-0.3, -0.25) is 14.7 Å². The highest BCUT2D eigenvalue weighted by molar-refractivity contribution is 5.97. The average Bonchev–Trinajstić information content (AvgIpc) is 2.63. The van der Waals surface area contributed by atoms with Crippen molar-refractivity contribution in [2.75, 3.05) is 26.2 Å². The molecule has 2 aromatic rings. The van der Waals surface area contributed by atoms with E-state index in [0.717, 1.165) is 43.0 Å². The van der Waals surface area contributed by atoms with E-state index in [2.05, 4.69) is 15.2 Å². The monoisotopic (exact) mass is 339 g/mol. The van der Waals surface area contributed by atoms with Gasteiger partial charge in [0.15, 0.2) is 5.78 Å². The second-order valence-electron chi connectivity index (χ2n) is 6.90. The summed E-state index contributed by atoms with van der Waals surface area (Å²) in [6.07, 6.45) is 2.43. The molecule has 1 aromatic heterocycles. The molecule has 25 heavy (non-hydrogen) atoms. The number of halogens is 1. The summed E-state index contributed by atoms with van der Waals surface area (Å²) in [7, 11) is 0. The molecule has 0 bridgehead atoms. The van der Waals surface area contributed by atoms with Gasteiger partial charge in [-0.15, -0.1) is 0 Å². The van der Waals surface area contributed by atoms with Crippen LogP contribution in [0.2, 0.25) is 0 Å². The molecule has 0 spiro atoms. The molecule has 2 aliphatic heterocycles. The van der Waals surface area contributed by atoms with E-state index in [1.165, 1.54) is 0 Å². The Kier molecular flexibility index (Phi) is 4.36. The van der Waals surface area contributed by atoms with Crippen molar-refractivity contribution in [1.29, 1.82) is 0 Å². The molecule has 4 nitrogen and oxygen atoms in total. The van der Waals surface area contributed by atoms with Crippen LogP contribution in [-0.4, -0.2) is 41.8 Å². The molecule has 1 fully saturated rings. The Labute approximate surface area is 147 Å². The van der Waals surface area contributed by atoms with E-state index in [4.69, 9.17) is 0 Å². The summed E-state index contributed by atoms with van der Waals surface area (Å²) in [6, 6.07) is 7.50. The topological polar surface area (TPSA) is 45.2 Å². The van der Waals surface area contributed by atoms with E-state index in [1.807, 2.05) is 13.0 Å². The number of benzene rings is 1. The van der Waals surface area contributed by atoms with Gasteiger partial charge < -0.3 is 5.32 Å². The van der Waals surface area contributed by atoms with Gasteiger partial charge in [0.2, 0.25) is 0 Å². The number of ketones is 1. The third-order valence-electron chi connectivity index (χ3n) is 5.29. The number of aryl methyl sites for hydroxylation is 1. The number of aromatic nitrogens is 1. The lowest BCUT2D eigenvalue weighted by atomic mass is 9.88. The Morgan fingerprint density at radius 3 is 3.08 bits per heavy atom. The summed E-state index contributed by atoms with van der Waals surface area (Å²) in [6.45, 7) is 5.60. The molecule has 0 unspecified atom stereocenters. The number of nitrogens with one attached hydrogen (secondary N) is 1. The molecule has 3 heterocycles. The predicted molar refractivity (Wildman–Crippen MR) is 94.3 cm³/mol. The number of pyridine rings is 1. The van der Waals surface area contributed by atoms with Gasteiger partial charge in [0, 0.05) is 56.1 Å². The van der Waals surface area contributed by atoms with Crippen molar-refractivity contribution in [2.24, 2.45) is 0 Å². The van der Waals surface area contributed by atoms with Gasteiger partial charge in [-0.2, -0.15) is 0 Å². The first kappa shape index (κ1) is 16.4. The molecular formula is C20H22FN3O. The Hall–Kier alpha value is -2.11. The van der Waals surface area contributed by atoms with Gasteiger partial charge >= 0.3 is 0 Å². The van der Waals surface area contributed by atoms with Gasteiger partial charge in [-0.05, 0) is 42.2 Å². The lowest BCUT2D eigenvalue weighted by Crippen LogP contribution is -2.49.